The summed E-state index contributed by atoms with van der Waals surface area (Å²) in [6, 6.07) is 13.1. The van der Waals surface area contributed by atoms with Crippen LogP contribution in [0.5, 0.6) is 0 Å². The third-order valence-electron chi connectivity index (χ3n) is 3.28. The van der Waals surface area contributed by atoms with Gasteiger partial charge < -0.3 is 4.42 Å². The molecule has 0 amide bonds. The molecule has 1 unspecified atom stereocenters. The van der Waals surface area contributed by atoms with Gasteiger partial charge in [-0.15, -0.1) is 11.8 Å². The largest absolute Gasteiger partial charge is 0.436 e. The number of rotatable bonds is 4. The van der Waals surface area contributed by atoms with E-state index in [-0.39, 0.29) is 0 Å². The number of benzene rings is 2. The number of hydrogen-bond donors (Lipinski definition) is 0. The fraction of sp³-hybridized carbons (Fsp3) is 0.118. The number of halogens is 1. The smallest absolute Gasteiger partial charge is 0.227 e. The van der Waals surface area contributed by atoms with E-state index in [2.05, 4.69) is 4.98 Å². The van der Waals surface area contributed by atoms with Crippen LogP contribution in [0, 0.1) is 0 Å². The topological polar surface area (TPSA) is 43.1 Å². The van der Waals surface area contributed by atoms with E-state index in [1.807, 2.05) is 54.8 Å². The average Bonchev–Trinajstić information content (AvgIpc) is 2.97. The molecule has 3 aromatic rings. The van der Waals surface area contributed by atoms with Crippen molar-refractivity contribution in [1.29, 1.82) is 0 Å². The van der Waals surface area contributed by atoms with Crippen molar-refractivity contribution in [2.45, 2.75) is 0 Å². The highest BCUT2D eigenvalue weighted by Gasteiger charge is 2.12. The lowest BCUT2D eigenvalue weighted by Gasteiger charge is -2.00. The molecule has 1 atom stereocenters. The van der Waals surface area contributed by atoms with Crippen LogP contribution in [0.1, 0.15) is 5.56 Å². The van der Waals surface area contributed by atoms with Crippen molar-refractivity contribution in [2.75, 3.05) is 12.5 Å². The monoisotopic (exact) mass is 363 g/mol. The fourth-order valence-electron chi connectivity index (χ4n) is 2.22. The van der Waals surface area contributed by atoms with Crippen LogP contribution in [0.3, 0.4) is 0 Å². The van der Waals surface area contributed by atoms with Crippen molar-refractivity contribution in [3.8, 4) is 11.5 Å². The molecular formula is C17H14ClNO2S2. The zero-order valence-corrected chi connectivity index (χ0v) is 15.0. The average molecular weight is 364 g/mol. The Labute approximate surface area is 146 Å². The third-order valence-corrected chi connectivity index (χ3v) is 5.92. The van der Waals surface area contributed by atoms with E-state index in [4.69, 9.17) is 16.0 Å². The second-order valence-electron chi connectivity index (χ2n) is 4.84. The maximum absolute atomic E-state index is 11.7. The third kappa shape index (κ3) is 3.52. The Morgan fingerprint density at radius 1 is 1.30 bits per heavy atom. The Bertz CT molecular complexity index is 918. The van der Waals surface area contributed by atoms with Crippen molar-refractivity contribution < 1.29 is 8.63 Å². The summed E-state index contributed by atoms with van der Waals surface area (Å²) in [6.45, 7) is 0. The fourth-order valence-corrected chi connectivity index (χ4v) is 3.88. The second-order valence-corrected chi connectivity index (χ2v) is 7.74. The predicted molar refractivity (Wildman–Crippen MR) is 100 cm³/mol. The summed E-state index contributed by atoms with van der Waals surface area (Å²) in [6.07, 6.45) is 5.48. The molecule has 2 aromatic carbocycles. The van der Waals surface area contributed by atoms with Crippen LogP contribution in [0.4, 0.5) is 0 Å². The lowest BCUT2D eigenvalue weighted by atomic mass is 10.2. The molecule has 0 radical (unpaired) electrons. The van der Waals surface area contributed by atoms with Gasteiger partial charge in [0.05, 0.1) is 15.0 Å². The molecule has 23 heavy (non-hydrogen) atoms. The molecule has 0 fully saturated rings. The zero-order valence-electron chi connectivity index (χ0n) is 12.6. The van der Waals surface area contributed by atoms with Gasteiger partial charge >= 0.3 is 0 Å². The van der Waals surface area contributed by atoms with Gasteiger partial charge in [-0.25, -0.2) is 4.98 Å². The van der Waals surface area contributed by atoms with Crippen molar-refractivity contribution in [1.82, 2.24) is 4.98 Å². The Morgan fingerprint density at radius 3 is 2.78 bits per heavy atom. The molecule has 0 bridgehead atoms. The van der Waals surface area contributed by atoms with Gasteiger partial charge in [0.15, 0.2) is 5.58 Å². The highest BCUT2D eigenvalue weighted by Crippen LogP contribution is 2.30. The number of fused-ring (bicyclic) bond motifs is 1. The number of hydrogen-bond acceptors (Lipinski definition) is 4. The first-order chi connectivity index (χ1) is 11.1. The molecule has 1 aromatic heterocycles. The van der Waals surface area contributed by atoms with E-state index in [0.717, 1.165) is 20.9 Å². The molecule has 118 valence electrons. The quantitative estimate of drug-likeness (QED) is 0.639. The van der Waals surface area contributed by atoms with Crippen molar-refractivity contribution >= 4 is 51.3 Å². The Balaban J connectivity index is 2.14. The maximum Gasteiger partial charge on any atom is 0.227 e. The molecule has 0 N–H and O–H groups in total. The van der Waals surface area contributed by atoms with E-state index in [1.54, 1.807) is 6.26 Å². The van der Waals surface area contributed by atoms with E-state index in [9.17, 15) is 4.21 Å². The van der Waals surface area contributed by atoms with Crippen molar-refractivity contribution in [3.63, 3.8) is 0 Å². The maximum atomic E-state index is 11.7. The first-order valence-electron chi connectivity index (χ1n) is 6.83. The number of nitrogens with zero attached hydrogens (tertiary/aromatic N) is 1. The normalized spacial score (nSPS) is 13.4. The van der Waals surface area contributed by atoms with Crippen LogP contribution in [0.15, 0.2) is 51.1 Å². The molecule has 0 aliphatic heterocycles. The molecule has 3 nitrogen and oxygen atoms in total. The van der Waals surface area contributed by atoms with Crippen LogP contribution >= 0.6 is 23.4 Å². The molecule has 6 heteroatoms. The van der Waals surface area contributed by atoms with E-state index in [1.165, 1.54) is 11.8 Å². The van der Waals surface area contributed by atoms with Gasteiger partial charge in [-0.05, 0) is 36.6 Å². The molecule has 3 rings (SSSR count). The van der Waals surface area contributed by atoms with Crippen LogP contribution in [0.25, 0.3) is 28.6 Å². The Morgan fingerprint density at radius 2 is 2.09 bits per heavy atom. The van der Waals surface area contributed by atoms with Gasteiger partial charge in [0.2, 0.25) is 5.89 Å². The second kappa shape index (κ2) is 6.91. The summed E-state index contributed by atoms with van der Waals surface area (Å²) < 4.78 is 18.4. The minimum absolute atomic E-state index is 0.520. The van der Waals surface area contributed by atoms with Crippen LogP contribution in [-0.4, -0.2) is 21.7 Å². The summed E-state index contributed by atoms with van der Waals surface area (Å²) >= 11 is 7.50. The number of aromatic nitrogens is 1. The van der Waals surface area contributed by atoms with Gasteiger partial charge in [0.1, 0.15) is 5.52 Å². The SMILES string of the molecule is CSC(=Cc1cccc2oc(-c3cccc(Cl)c3)nc12)S(C)=O. The minimum Gasteiger partial charge on any atom is -0.436 e. The van der Waals surface area contributed by atoms with Crippen molar-refractivity contribution in [2.24, 2.45) is 0 Å². The van der Waals surface area contributed by atoms with Crippen LogP contribution < -0.4 is 0 Å². The van der Waals surface area contributed by atoms with E-state index < -0.39 is 10.8 Å². The van der Waals surface area contributed by atoms with Gasteiger partial charge in [0, 0.05) is 22.4 Å². The predicted octanol–water partition coefficient (Wildman–Crippen LogP) is 5.19. The Hall–Kier alpha value is -1.56. The van der Waals surface area contributed by atoms with Gasteiger partial charge in [-0.3, -0.25) is 4.21 Å². The molecule has 0 aliphatic rings. The highest BCUT2D eigenvalue weighted by molar-refractivity contribution is 8.16. The summed E-state index contributed by atoms with van der Waals surface area (Å²) in [7, 11) is -1.03. The first-order valence-corrected chi connectivity index (χ1v) is 9.99. The summed E-state index contributed by atoms with van der Waals surface area (Å²) in [5.41, 5.74) is 3.16. The number of thioether (sulfide) groups is 1. The summed E-state index contributed by atoms with van der Waals surface area (Å²) in [5, 5.41) is 0.635. The van der Waals surface area contributed by atoms with Crippen molar-refractivity contribution in [3.05, 3.63) is 57.3 Å². The molecular weight excluding hydrogens is 350 g/mol. The molecule has 0 saturated carbocycles. The van der Waals surface area contributed by atoms with Gasteiger partial charge in [0.25, 0.3) is 0 Å². The molecule has 0 aliphatic carbocycles. The highest BCUT2D eigenvalue weighted by atomic mass is 35.5. The van der Waals surface area contributed by atoms with Gasteiger partial charge in [-0.1, -0.05) is 29.8 Å². The first kappa shape index (κ1) is 16.3. The summed E-state index contributed by atoms with van der Waals surface area (Å²) in [5.74, 6) is 0.520. The van der Waals surface area contributed by atoms with Crippen LogP contribution in [-0.2, 0) is 10.8 Å². The molecule has 0 spiro atoms. The van der Waals surface area contributed by atoms with E-state index >= 15 is 0 Å². The number of oxazole rings is 1. The lowest BCUT2D eigenvalue weighted by molar-refractivity contribution is 0.620. The van der Waals surface area contributed by atoms with Gasteiger partial charge in [-0.2, -0.15) is 0 Å². The zero-order chi connectivity index (χ0) is 16.4. The van der Waals surface area contributed by atoms with E-state index in [0.29, 0.717) is 16.5 Å². The minimum atomic E-state index is -1.03. The lowest BCUT2D eigenvalue weighted by Crippen LogP contribution is -1.87. The van der Waals surface area contributed by atoms with Crippen LogP contribution in [0.2, 0.25) is 5.02 Å². The standard InChI is InChI=1S/C17H14ClNO2S2/c1-22-15(23(2)20)10-11-5-4-8-14-16(11)19-17(21-14)12-6-3-7-13(18)9-12/h3-10H,1-2H3. The summed E-state index contributed by atoms with van der Waals surface area (Å²) in [4.78, 5) is 4.59. The molecule has 0 saturated heterocycles. The molecule has 1 heterocycles. The number of para-hydroxylation sites is 1. The Kier molecular flexibility index (Phi) is 4.90.